The smallest absolute Gasteiger partial charge is 0.160 e. The summed E-state index contributed by atoms with van der Waals surface area (Å²) < 4.78 is 0.889. The number of para-hydroxylation sites is 1. The van der Waals surface area contributed by atoms with Gasteiger partial charge in [0.05, 0.1) is 10.7 Å². The van der Waals surface area contributed by atoms with E-state index >= 15 is 0 Å². The molecule has 0 unspecified atom stereocenters. The highest BCUT2D eigenvalue weighted by atomic mass is 79.9. The number of nitrogen functional groups attached to an aromatic ring is 1. The van der Waals surface area contributed by atoms with Crippen LogP contribution in [0.2, 0.25) is 5.02 Å². The second kappa shape index (κ2) is 6.80. The van der Waals surface area contributed by atoms with E-state index in [1.165, 1.54) is 6.33 Å². The molecule has 0 atom stereocenters. The highest BCUT2D eigenvalue weighted by Gasteiger charge is 2.10. The quantitative estimate of drug-likeness (QED) is 0.612. The van der Waals surface area contributed by atoms with Gasteiger partial charge < -0.3 is 16.4 Å². The van der Waals surface area contributed by atoms with Gasteiger partial charge in [0, 0.05) is 10.7 Å². The molecule has 8 heteroatoms. The maximum Gasteiger partial charge on any atom is 0.160 e. The maximum absolute atomic E-state index is 6.13. The fourth-order valence-corrected chi connectivity index (χ4v) is 2.27. The fraction of sp³-hybridized carbons (Fsp3) is 0. The third-order valence-corrected chi connectivity index (χ3v) is 3.78. The highest BCUT2D eigenvalue weighted by Crippen LogP contribution is 2.30. The number of aromatic nitrogens is 3. The lowest BCUT2D eigenvalue weighted by atomic mass is 10.3. The van der Waals surface area contributed by atoms with Crippen molar-refractivity contribution in [3.8, 4) is 0 Å². The fourth-order valence-electron chi connectivity index (χ4n) is 1.86. The van der Waals surface area contributed by atoms with Gasteiger partial charge in [-0.3, -0.25) is 0 Å². The van der Waals surface area contributed by atoms with Crippen LogP contribution >= 0.6 is 27.5 Å². The Morgan fingerprint density at radius 3 is 2.39 bits per heavy atom. The monoisotopic (exact) mass is 390 g/mol. The minimum atomic E-state index is 0.372. The summed E-state index contributed by atoms with van der Waals surface area (Å²) in [7, 11) is 0. The number of anilines is 5. The molecule has 23 heavy (non-hydrogen) atoms. The molecule has 0 aliphatic heterocycles. The van der Waals surface area contributed by atoms with Gasteiger partial charge >= 0.3 is 0 Å². The Labute approximate surface area is 146 Å². The van der Waals surface area contributed by atoms with E-state index in [2.05, 4.69) is 41.5 Å². The van der Waals surface area contributed by atoms with Crippen LogP contribution in [-0.2, 0) is 0 Å². The Morgan fingerprint density at radius 1 is 0.957 bits per heavy atom. The summed E-state index contributed by atoms with van der Waals surface area (Å²) in [5.74, 6) is 1.55. The molecular formula is C15H12BrClN6. The van der Waals surface area contributed by atoms with E-state index in [-0.39, 0.29) is 0 Å². The predicted molar refractivity (Wildman–Crippen MR) is 96.4 cm³/mol. The van der Waals surface area contributed by atoms with Gasteiger partial charge in [0.25, 0.3) is 0 Å². The van der Waals surface area contributed by atoms with E-state index in [1.54, 1.807) is 12.3 Å². The third kappa shape index (κ3) is 3.69. The van der Waals surface area contributed by atoms with Crippen LogP contribution in [-0.4, -0.2) is 15.0 Å². The summed E-state index contributed by atoms with van der Waals surface area (Å²) in [4.78, 5) is 12.5. The van der Waals surface area contributed by atoms with Gasteiger partial charge in [0.15, 0.2) is 11.6 Å². The summed E-state index contributed by atoms with van der Waals surface area (Å²) in [5.41, 5.74) is 7.22. The molecule has 2 heterocycles. The van der Waals surface area contributed by atoms with Crippen LogP contribution < -0.4 is 16.4 Å². The van der Waals surface area contributed by atoms with Crippen molar-refractivity contribution in [3.05, 3.63) is 58.4 Å². The average Bonchev–Trinajstić information content (AvgIpc) is 2.55. The van der Waals surface area contributed by atoms with Gasteiger partial charge in [-0.2, -0.15) is 0 Å². The largest absolute Gasteiger partial charge is 0.393 e. The van der Waals surface area contributed by atoms with Crippen molar-refractivity contribution in [2.24, 2.45) is 0 Å². The standard InChI is InChI=1S/C15H12BrClN6/c16-9-5-6-12(19-7-9)23-15-13(18)14(20-8-21-15)22-11-4-2-1-3-10(11)17/h1-8H,18H2,(H2,19,20,21,22,23). The van der Waals surface area contributed by atoms with Gasteiger partial charge in [-0.05, 0) is 40.2 Å². The molecule has 0 aliphatic rings. The van der Waals surface area contributed by atoms with Crippen molar-refractivity contribution < 1.29 is 0 Å². The van der Waals surface area contributed by atoms with E-state index in [4.69, 9.17) is 17.3 Å². The number of rotatable bonds is 4. The Kier molecular flexibility index (Phi) is 4.59. The van der Waals surface area contributed by atoms with Crippen molar-refractivity contribution in [1.82, 2.24) is 15.0 Å². The van der Waals surface area contributed by atoms with E-state index in [0.29, 0.717) is 33.9 Å². The molecule has 116 valence electrons. The summed E-state index contributed by atoms with van der Waals surface area (Å²) in [6, 6.07) is 11.0. The van der Waals surface area contributed by atoms with Crippen LogP contribution in [0, 0.1) is 0 Å². The lowest BCUT2D eigenvalue weighted by Crippen LogP contribution is -2.06. The molecule has 0 spiro atoms. The van der Waals surface area contributed by atoms with Crippen molar-refractivity contribution in [1.29, 1.82) is 0 Å². The molecule has 3 aromatic rings. The molecular weight excluding hydrogens is 380 g/mol. The highest BCUT2D eigenvalue weighted by molar-refractivity contribution is 9.10. The van der Waals surface area contributed by atoms with Gasteiger partial charge in [0.1, 0.15) is 17.8 Å². The van der Waals surface area contributed by atoms with Crippen LogP contribution in [0.1, 0.15) is 0 Å². The second-order valence-corrected chi connectivity index (χ2v) is 5.90. The van der Waals surface area contributed by atoms with Crippen LogP contribution in [0.5, 0.6) is 0 Å². The van der Waals surface area contributed by atoms with E-state index < -0.39 is 0 Å². The van der Waals surface area contributed by atoms with Crippen LogP contribution in [0.3, 0.4) is 0 Å². The molecule has 1 aromatic carbocycles. The van der Waals surface area contributed by atoms with Crippen LogP contribution in [0.15, 0.2) is 53.4 Å². The molecule has 0 bridgehead atoms. The van der Waals surface area contributed by atoms with E-state index in [9.17, 15) is 0 Å². The number of nitrogens with one attached hydrogen (secondary N) is 2. The number of halogens is 2. The lowest BCUT2D eigenvalue weighted by molar-refractivity contribution is 1.16. The summed E-state index contributed by atoms with van der Waals surface area (Å²) in [6.07, 6.45) is 3.10. The minimum absolute atomic E-state index is 0.372. The maximum atomic E-state index is 6.13. The first-order valence-corrected chi connectivity index (χ1v) is 7.81. The molecule has 0 radical (unpaired) electrons. The number of hydrogen-bond acceptors (Lipinski definition) is 6. The van der Waals surface area contributed by atoms with Crippen molar-refractivity contribution in [2.45, 2.75) is 0 Å². The number of nitrogens with two attached hydrogens (primary N) is 1. The Bertz CT molecular complexity index is 824. The number of pyridine rings is 1. The lowest BCUT2D eigenvalue weighted by Gasteiger charge is -2.12. The molecule has 4 N–H and O–H groups in total. The van der Waals surface area contributed by atoms with Gasteiger partial charge in [-0.15, -0.1) is 0 Å². The first-order chi connectivity index (χ1) is 11.1. The molecule has 0 saturated heterocycles. The minimum Gasteiger partial charge on any atom is -0.393 e. The summed E-state index contributed by atoms with van der Waals surface area (Å²) >= 11 is 9.47. The molecule has 0 amide bonds. The van der Waals surface area contributed by atoms with Crippen molar-refractivity contribution in [3.63, 3.8) is 0 Å². The Balaban J connectivity index is 1.86. The van der Waals surface area contributed by atoms with Crippen LogP contribution in [0.25, 0.3) is 0 Å². The Hall–Kier alpha value is -2.38. The van der Waals surface area contributed by atoms with Crippen LogP contribution in [0.4, 0.5) is 28.8 Å². The Morgan fingerprint density at radius 2 is 1.70 bits per heavy atom. The first kappa shape index (κ1) is 15.5. The average molecular weight is 392 g/mol. The van der Waals surface area contributed by atoms with E-state index in [1.807, 2.05) is 30.3 Å². The normalized spacial score (nSPS) is 10.3. The van der Waals surface area contributed by atoms with Crippen molar-refractivity contribution >= 4 is 56.4 Å². The molecule has 0 saturated carbocycles. The van der Waals surface area contributed by atoms with Crippen molar-refractivity contribution in [2.75, 3.05) is 16.4 Å². The zero-order chi connectivity index (χ0) is 16.2. The third-order valence-electron chi connectivity index (χ3n) is 2.98. The SMILES string of the molecule is Nc1c(Nc2ccc(Br)cn2)ncnc1Nc1ccccc1Cl. The predicted octanol–water partition coefficient (Wildman–Crippen LogP) is 4.36. The van der Waals surface area contributed by atoms with E-state index in [0.717, 1.165) is 4.47 Å². The second-order valence-electron chi connectivity index (χ2n) is 4.58. The molecule has 0 fully saturated rings. The zero-order valence-corrected chi connectivity index (χ0v) is 14.1. The van der Waals surface area contributed by atoms with Gasteiger partial charge in [-0.25, -0.2) is 15.0 Å². The van der Waals surface area contributed by atoms with Gasteiger partial charge in [-0.1, -0.05) is 23.7 Å². The summed E-state index contributed by atoms with van der Waals surface area (Å²) in [5, 5.41) is 6.74. The zero-order valence-electron chi connectivity index (χ0n) is 11.8. The molecule has 2 aromatic heterocycles. The molecule has 3 rings (SSSR count). The number of hydrogen-bond donors (Lipinski definition) is 3. The molecule has 6 nitrogen and oxygen atoms in total. The molecule has 0 aliphatic carbocycles. The number of benzene rings is 1. The summed E-state index contributed by atoms with van der Waals surface area (Å²) in [6.45, 7) is 0. The van der Waals surface area contributed by atoms with Gasteiger partial charge in [0.2, 0.25) is 0 Å². The first-order valence-electron chi connectivity index (χ1n) is 6.64. The number of nitrogens with zero attached hydrogens (tertiary/aromatic N) is 3. The topological polar surface area (TPSA) is 88.8 Å².